The number of hydrogen-bond donors (Lipinski definition) is 3. The average Bonchev–Trinajstić information content (AvgIpc) is 2.60. The summed E-state index contributed by atoms with van der Waals surface area (Å²) >= 11 is 1.42. The van der Waals surface area contributed by atoms with Crippen LogP contribution in [0.1, 0.15) is 20.3 Å². The van der Waals surface area contributed by atoms with E-state index in [1.165, 1.54) is 16.3 Å². The number of H-pyrrole nitrogens is 1. The molecule has 0 bridgehead atoms. The summed E-state index contributed by atoms with van der Waals surface area (Å²) in [6.45, 7) is 3.72. The molecule has 0 aliphatic carbocycles. The zero-order valence-electron chi connectivity index (χ0n) is 11.0. The Labute approximate surface area is 110 Å². The Balaban J connectivity index is 2.72. The Morgan fingerprint density at radius 3 is 2.72 bits per heavy atom. The summed E-state index contributed by atoms with van der Waals surface area (Å²) in [5.41, 5.74) is 4.35. The third-order valence-electron chi connectivity index (χ3n) is 2.94. The highest BCUT2D eigenvalue weighted by atomic mass is 32.2. The number of likely N-dealkylation sites (N-methyl/N-ethyl adjacent to an activating group) is 1. The van der Waals surface area contributed by atoms with E-state index in [1.807, 2.05) is 6.92 Å². The second kappa shape index (κ2) is 5.57. The molecule has 0 aliphatic rings. The van der Waals surface area contributed by atoms with Crippen LogP contribution in [0.15, 0.2) is 9.95 Å². The number of carbonyl (C=O) groups excluding carboxylic acids is 1. The molecular weight excluding hydrogens is 254 g/mol. The number of aromatic nitrogens is 3. The summed E-state index contributed by atoms with van der Waals surface area (Å²) in [5, 5.41) is 9.89. The van der Waals surface area contributed by atoms with Crippen molar-refractivity contribution in [3.63, 3.8) is 0 Å². The minimum absolute atomic E-state index is 0.0869. The van der Waals surface area contributed by atoms with E-state index in [0.29, 0.717) is 11.6 Å². The summed E-state index contributed by atoms with van der Waals surface area (Å²) in [6.07, 6.45) is 0.546. The molecule has 0 aliphatic heterocycles. The molecule has 8 heteroatoms. The van der Waals surface area contributed by atoms with Crippen LogP contribution in [0, 0.1) is 0 Å². The molecular formula is C10H19N5O2S. The van der Waals surface area contributed by atoms with Crippen molar-refractivity contribution < 1.29 is 4.79 Å². The third kappa shape index (κ3) is 3.14. The lowest BCUT2D eigenvalue weighted by Gasteiger charge is -2.28. The molecule has 1 aromatic rings. The highest BCUT2D eigenvalue weighted by molar-refractivity contribution is 7.99. The molecule has 1 rings (SSSR count). The number of hydrogen-bond acceptors (Lipinski definition) is 5. The van der Waals surface area contributed by atoms with Gasteiger partial charge in [0.05, 0.1) is 5.54 Å². The van der Waals surface area contributed by atoms with Gasteiger partial charge in [0.15, 0.2) is 5.16 Å². The molecule has 18 heavy (non-hydrogen) atoms. The zero-order chi connectivity index (χ0) is 13.9. The number of amides is 1. The highest BCUT2D eigenvalue weighted by Gasteiger charge is 2.31. The van der Waals surface area contributed by atoms with E-state index in [0.717, 1.165) is 0 Å². The fraction of sp³-hybridized carbons (Fsp3) is 0.700. The van der Waals surface area contributed by atoms with Gasteiger partial charge in [-0.15, -0.1) is 5.10 Å². The monoisotopic (exact) mass is 273 g/mol. The molecule has 0 spiro atoms. The molecule has 2 atom stereocenters. The maximum atomic E-state index is 11.4. The van der Waals surface area contributed by atoms with E-state index in [2.05, 4.69) is 15.5 Å². The predicted octanol–water partition coefficient (Wildman–Crippen LogP) is -0.557. The van der Waals surface area contributed by atoms with Gasteiger partial charge in [-0.2, -0.15) is 0 Å². The van der Waals surface area contributed by atoms with Crippen LogP contribution in [0.5, 0.6) is 0 Å². The van der Waals surface area contributed by atoms with Gasteiger partial charge in [-0.3, -0.25) is 9.36 Å². The number of carbonyl (C=O) groups is 1. The summed E-state index contributed by atoms with van der Waals surface area (Å²) in [5.74, 6) is -0.395. The minimum Gasteiger partial charge on any atom is -0.368 e. The van der Waals surface area contributed by atoms with Crippen LogP contribution >= 0.6 is 11.8 Å². The molecule has 7 nitrogen and oxygen atoms in total. The minimum atomic E-state index is -0.762. The Morgan fingerprint density at radius 1 is 1.72 bits per heavy atom. The first-order chi connectivity index (χ1) is 8.30. The predicted molar refractivity (Wildman–Crippen MR) is 70.4 cm³/mol. The van der Waals surface area contributed by atoms with Gasteiger partial charge in [-0.1, -0.05) is 18.7 Å². The van der Waals surface area contributed by atoms with Gasteiger partial charge in [0.2, 0.25) is 5.91 Å². The SMILES string of the molecule is CNC(C)(CC(C)Sc1n[nH]c(=O)n1C)C(N)=O. The molecule has 0 radical (unpaired) electrons. The van der Waals surface area contributed by atoms with Crippen LogP contribution in [0.25, 0.3) is 0 Å². The summed E-state index contributed by atoms with van der Waals surface area (Å²) < 4.78 is 1.43. The standard InChI is InChI=1S/C10H19N5O2S/c1-6(5-10(2,12-3)7(11)16)18-9-14-13-8(17)15(9)4/h6,12H,5H2,1-4H3,(H2,11,16)(H,13,17). The van der Waals surface area contributed by atoms with Crippen molar-refractivity contribution in [2.24, 2.45) is 12.8 Å². The average molecular weight is 273 g/mol. The Hall–Kier alpha value is -1.28. The van der Waals surface area contributed by atoms with Gasteiger partial charge in [0.25, 0.3) is 0 Å². The summed E-state index contributed by atoms with van der Waals surface area (Å²) in [4.78, 5) is 22.6. The van der Waals surface area contributed by atoms with Crippen LogP contribution in [0.3, 0.4) is 0 Å². The molecule has 1 aromatic heterocycles. The summed E-state index contributed by atoms with van der Waals surface area (Å²) in [7, 11) is 3.35. The number of rotatable bonds is 6. The van der Waals surface area contributed by atoms with Gasteiger partial charge in [-0.05, 0) is 20.4 Å². The zero-order valence-corrected chi connectivity index (χ0v) is 11.8. The van der Waals surface area contributed by atoms with Crippen molar-refractivity contribution in [1.82, 2.24) is 20.1 Å². The Bertz CT molecular complexity index is 483. The first-order valence-corrected chi connectivity index (χ1v) is 6.45. The highest BCUT2D eigenvalue weighted by Crippen LogP contribution is 2.26. The second-order valence-electron chi connectivity index (χ2n) is 4.45. The van der Waals surface area contributed by atoms with Crippen LogP contribution < -0.4 is 16.7 Å². The maximum Gasteiger partial charge on any atom is 0.343 e. The third-order valence-corrected chi connectivity index (χ3v) is 4.08. The normalized spacial score (nSPS) is 16.2. The topological polar surface area (TPSA) is 106 Å². The van der Waals surface area contributed by atoms with E-state index < -0.39 is 11.4 Å². The number of nitrogens with one attached hydrogen (secondary N) is 2. The van der Waals surface area contributed by atoms with Gasteiger partial charge < -0.3 is 11.1 Å². The molecule has 4 N–H and O–H groups in total. The molecule has 0 fully saturated rings. The van der Waals surface area contributed by atoms with Gasteiger partial charge in [0, 0.05) is 12.3 Å². The molecule has 0 saturated heterocycles. The van der Waals surface area contributed by atoms with Crippen molar-refractivity contribution in [2.75, 3.05) is 7.05 Å². The fourth-order valence-corrected chi connectivity index (χ4v) is 2.68. The van der Waals surface area contributed by atoms with Crippen LogP contribution in [-0.4, -0.2) is 38.5 Å². The Morgan fingerprint density at radius 2 is 2.33 bits per heavy atom. The van der Waals surface area contributed by atoms with Gasteiger partial charge >= 0.3 is 5.69 Å². The summed E-state index contributed by atoms with van der Waals surface area (Å²) in [6, 6.07) is 0. The molecule has 0 saturated carbocycles. The lowest BCUT2D eigenvalue weighted by atomic mass is 9.95. The van der Waals surface area contributed by atoms with Crippen molar-refractivity contribution in [3.8, 4) is 0 Å². The van der Waals surface area contributed by atoms with Crippen molar-refractivity contribution in [1.29, 1.82) is 0 Å². The fourth-order valence-electron chi connectivity index (χ4n) is 1.56. The van der Waals surface area contributed by atoms with Crippen LogP contribution in [-0.2, 0) is 11.8 Å². The first-order valence-electron chi connectivity index (χ1n) is 5.57. The lowest BCUT2D eigenvalue weighted by Crippen LogP contribution is -2.52. The van der Waals surface area contributed by atoms with Crippen LogP contribution in [0.2, 0.25) is 0 Å². The smallest absolute Gasteiger partial charge is 0.343 e. The molecule has 1 amide bonds. The Kier molecular flexibility index (Phi) is 4.58. The number of nitrogens with two attached hydrogens (primary N) is 1. The molecule has 1 heterocycles. The second-order valence-corrected chi connectivity index (χ2v) is 5.85. The first kappa shape index (κ1) is 14.8. The van der Waals surface area contributed by atoms with Gasteiger partial charge in [0.1, 0.15) is 0 Å². The largest absolute Gasteiger partial charge is 0.368 e. The van der Waals surface area contributed by atoms with E-state index >= 15 is 0 Å². The maximum absolute atomic E-state index is 11.4. The van der Waals surface area contributed by atoms with E-state index in [-0.39, 0.29) is 10.9 Å². The molecule has 102 valence electrons. The van der Waals surface area contributed by atoms with E-state index in [9.17, 15) is 9.59 Å². The molecule has 0 aromatic carbocycles. The van der Waals surface area contributed by atoms with Crippen molar-refractivity contribution in [3.05, 3.63) is 10.5 Å². The lowest BCUT2D eigenvalue weighted by molar-refractivity contribution is -0.123. The van der Waals surface area contributed by atoms with Crippen LogP contribution in [0.4, 0.5) is 0 Å². The van der Waals surface area contributed by atoms with Crippen molar-refractivity contribution in [2.45, 2.75) is 36.2 Å². The van der Waals surface area contributed by atoms with E-state index in [1.54, 1.807) is 21.0 Å². The molecule has 2 unspecified atom stereocenters. The number of primary amides is 1. The number of aromatic amines is 1. The quantitative estimate of drug-likeness (QED) is 0.603. The van der Waals surface area contributed by atoms with E-state index in [4.69, 9.17) is 5.73 Å². The van der Waals surface area contributed by atoms with Crippen molar-refractivity contribution >= 4 is 17.7 Å². The van der Waals surface area contributed by atoms with Gasteiger partial charge in [-0.25, -0.2) is 9.89 Å². The number of thioether (sulfide) groups is 1. The number of nitrogens with zero attached hydrogens (tertiary/aromatic N) is 2.